The van der Waals surface area contributed by atoms with Crippen molar-refractivity contribution in [1.29, 1.82) is 0 Å². The minimum atomic E-state index is 0.595. The highest BCUT2D eigenvalue weighted by molar-refractivity contribution is 6.14. The maximum atomic E-state index is 6.27. The first kappa shape index (κ1) is 27.5. The molecular weight excluding hydrogens is 599 g/mol. The van der Waals surface area contributed by atoms with Gasteiger partial charge in [0, 0.05) is 27.5 Å². The zero-order valence-electron chi connectivity index (χ0n) is 26.3. The number of hydrogen-bond acceptors (Lipinski definition) is 4. The molecule has 0 unspecified atom stereocenters. The van der Waals surface area contributed by atoms with Gasteiger partial charge in [0.15, 0.2) is 17.5 Å². The van der Waals surface area contributed by atoms with E-state index in [-0.39, 0.29) is 0 Å². The Balaban J connectivity index is 1.23. The predicted octanol–water partition coefficient (Wildman–Crippen LogP) is 11.9. The number of hydrogen-bond donors (Lipinski definition) is 0. The summed E-state index contributed by atoms with van der Waals surface area (Å²) in [6, 6.07) is 57.0. The molecule has 4 nitrogen and oxygen atoms in total. The number of nitrogens with zero attached hydrogens (tertiary/aromatic N) is 3. The minimum Gasteiger partial charge on any atom is -0.456 e. The Labute approximate surface area is 282 Å². The van der Waals surface area contributed by atoms with Gasteiger partial charge in [-0.15, -0.1) is 0 Å². The van der Waals surface area contributed by atoms with Crippen molar-refractivity contribution in [3.8, 4) is 45.3 Å². The number of para-hydroxylation sites is 1. The summed E-state index contributed by atoms with van der Waals surface area (Å²) in [7, 11) is 0. The van der Waals surface area contributed by atoms with Crippen molar-refractivity contribution in [1.82, 2.24) is 15.0 Å². The lowest BCUT2D eigenvalue weighted by Crippen LogP contribution is -2.00. The van der Waals surface area contributed by atoms with E-state index in [9.17, 15) is 0 Å². The van der Waals surface area contributed by atoms with E-state index in [4.69, 9.17) is 19.4 Å². The Morgan fingerprint density at radius 2 is 0.918 bits per heavy atom. The number of aromatic nitrogens is 3. The smallest absolute Gasteiger partial charge is 0.164 e. The molecule has 0 atom stereocenters. The molecule has 228 valence electrons. The summed E-state index contributed by atoms with van der Waals surface area (Å²) in [4.78, 5) is 15.4. The molecule has 0 saturated carbocycles. The molecule has 2 heterocycles. The summed E-state index contributed by atoms with van der Waals surface area (Å²) in [5.74, 6) is 1.84. The lowest BCUT2D eigenvalue weighted by Gasteiger charge is -2.14. The van der Waals surface area contributed by atoms with Crippen molar-refractivity contribution in [2.75, 3.05) is 0 Å². The van der Waals surface area contributed by atoms with E-state index in [1.54, 1.807) is 0 Å². The number of furan rings is 1. The fraction of sp³-hybridized carbons (Fsp3) is 0. The lowest BCUT2D eigenvalue weighted by molar-refractivity contribution is 0.669. The molecule has 10 rings (SSSR count). The first-order valence-electron chi connectivity index (χ1n) is 16.4. The largest absolute Gasteiger partial charge is 0.456 e. The topological polar surface area (TPSA) is 51.8 Å². The van der Waals surface area contributed by atoms with E-state index in [0.717, 1.165) is 54.8 Å². The van der Waals surface area contributed by atoms with Gasteiger partial charge in [0.2, 0.25) is 0 Å². The standard InChI is InChI=1S/C45H27N3O/c1-2-11-29(12-3-1)39-25-30-14-5-7-17-34(30)35-23-21-31(26-40(35)39)43-46-44(32-22-24-37-36-18-8-9-20-41(36)49-42(37)27-32)48-45(47-43)38-19-10-15-28-13-4-6-16-33(28)38/h1-27H. The van der Waals surface area contributed by atoms with Crippen molar-refractivity contribution >= 4 is 54.3 Å². The van der Waals surface area contributed by atoms with Gasteiger partial charge in [-0.3, -0.25) is 0 Å². The van der Waals surface area contributed by atoms with Crippen molar-refractivity contribution in [2.45, 2.75) is 0 Å². The van der Waals surface area contributed by atoms with Crippen LogP contribution in [0.25, 0.3) is 99.5 Å². The van der Waals surface area contributed by atoms with Gasteiger partial charge in [0.1, 0.15) is 11.2 Å². The van der Waals surface area contributed by atoms with E-state index in [2.05, 4.69) is 140 Å². The van der Waals surface area contributed by atoms with Crippen LogP contribution in [0.3, 0.4) is 0 Å². The second-order valence-electron chi connectivity index (χ2n) is 12.4. The van der Waals surface area contributed by atoms with Crippen LogP contribution in [0, 0.1) is 0 Å². The van der Waals surface area contributed by atoms with Crippen molar-refractivity contribution in [3.05, 3.63) is 164 Å². The van der Waals surface area contributed by atoms with Crippen LogP contribution in [0.1, 0.15) is 0 Å². The third-order valence-electron chi connectivity index (χ3n) is 9.51. The summed E-state index contributed by atoms with van der Waals surface area (Å²) in [6.07, 6.45) is 0. The molecule has 10 aromatic rings. The van der Waals surface area contributed by atoms with Gasteiger partial charge in [-0.25, -0.2) is 15.0 Å². The highest BCUT2D eigenvalue weighted by Crippen LogP contribution is 2.38. The highest BCUT2D eigenvalue weighted by atomic mass is 16.3. The first-order valence-corrected chi connectivity index (χ1v) is 16.4. The van der Waals surface area contributed by atoms with E-state index in [0.29, 0.717) is 17.5 Å². The Hall–Kier alpha value is -6.65. The quantitative estimate of drug-likeness (QED) is 0.183. The molecule has 49 heavy (non-hydrogen) atoms. The van der Waals surface area contributed by atoms with Gasteiger partial charge in [0.05, 0.1) is 0 Å². The van der Waals surface area contributed by atoms with Crippen LogP contribution in [-0.2, 0) is 0 Å². The summed E-state index contributed by atoms with van der Waals surface area (Å²) in [6.45, 7) is 0. The van der Waals surface area contributed by atoms with Gasteiger partial charge in [0.25, 0.3) is 0 Å². The van der Waals surface area contributed by atoms with Gasteiger partial charge in [-0.05, 0) is 73.8 Å². The number of rotatable bonds is 4. The minimum absolute atomic E-state index is 0.595. The van der Waals surface area contributed by atoms with Gasteiger partial charge in [-0.1, -0.05) is 133 Å². The average molecular weight is 626 g/mol. The number of benzene rings is 8. The van der Waals surface area contributed by atoms with Crippen molar-refractivity contribution in [2.24, 2.45) is 0 Å². The Kier molecular flexibility index (Phi) is 6.15. The summed E-state index contributed by atoms with van der Waals surface area (Å²) in [5, 5.41) is 9.17. The molecule has 0 aliphatic carbocycles. The van der Waals surface area contributed by atoms with Gasteiger partial charge in [-0.2, -0.15) is 0 Å². The maximum absolute atomic E-state index is 6.27. The van der Waals surface area contributed by atoms with Crippen molar-refractivity contribution < 1.29 is 4.42 Å². The molecule has 0 radical (unpaired) electrons. The number of fused-ring (bicyclic) bond motifs is 7. The summed E-state index contributed by atoms with van der Waals surface area (Å²) >= 11 is 0. The molecule has 0 amide bonds. The van der Waals surface area contributed by atoms with E-state index in [1.165, 1.54) is 27.3 Å². The van der Waals surface area contributed by atoms with Crippen LogP contribution in [0.2, 0.25) is 0 Å². The second-order valence-corrected chi connectivity index (χ2v) is 12.4. The first-order chi connectivity index (χ1) is 24.3. The van der Waals surface area contributed by atoms with E-state index < -0.39 is 0 Å². The average Bonchev–Trinajstić information content (AvgIpc) is 3.55. The Morgan fingerprint density at radius 3 is 1.76 bits per heavy atom. The van der Waals surface area contributed by atoms with Gasteiger partial charge < -0.3 is 4.42 Å². The van der Waals surface area contributed by atoms with Crippen LogP contribution in [0.5, 0.6) is 0 Å². The monoisotopic (exact) mass is 625 g/mol. The zero-order chi connectivity index (χ0) is 32.3. The molecule has 0 aliphatic rings. The maximum Gasteiger partial charge on any atom is 0.164 e. The summed E-state index contributed by atoms with van der Waals surface area (Å²) in [5.41, 5.74) is 6.77. The van der Waals surface area contributed by atoms with Crippen LogP contribution in [0.15, 0.2) is 168 Å². The SMILES string of the molecule is c1ccc(-c2cc3ccccc3c3ccc(-c4nc(-c5ccc6c(c5)oc5ccccc56)nc(-c5cccc6ccccc56)n4)cc23)cc1. The van der Waals surface area contributed by atoms with Crippen LogP contribution in [-0.4, -0.2) is 15.0 Å². The second kappa shape index (κ2) is 11.0. The third-order valence-corrected chi connectivity index (χ3v) is 9.51. The lowest BCUT2D eigenvalue weighted by atomic mass is 9.92. The predicted molar refractivity (Wildman–Crippen MR) is 201 cm³/mol. The zero-order valence-corrected chi connectivity index (χ0v) is 26.3. The molecule has 4 heteroatoms. The fourth-order valence-corrected chi connectivity index (χ4v) is 7.14. The Morgan fingerprint density at radius 1 is 0.306 bits per heavy atom. The fourth-order valence-electron chi connectivity index (χ4n) is 7.14. The molecule has 0 N–H and O–H groups in total. The van der Waals surface area contributed by atoms with Crippen molar-refractivity contribution in [3.63, 3.8) is 0 Å². The highest BCUT2D eigenvalue weighted by Gasteiger charge is 2.17. The van der Waals surface area contributed by atoms with Crippen LogP contribution in [0.4, 0.5) is 0 Å². The molecule has 8 aromatic carbocycles. The van der Waals surface area contributed by atoms with Crippen LogP contribution >= 0.6 is 0 Å². The van der Waals surface area contributed by atoms with E-state index >= 15 is 0 Å². The van der Waals surface area contributed by atoms with Gasteiger partial charge >= 0.3 is 0 Å². The van der Waals surface area contributed by atoms with E-state index in [1.807, 2.05) is 24.3 Å². The molecule has 0 bridgehead atoms. The normalized spacial score (nSPS) is 11.7. The Bertz CT molecular complexity index is 2890. The molecule has 0 aliphatic heterocycles. The molecule has 0 spiro atoms. The molecule has 2 aromatic heterocycles. The van der Waals surface area contributed by atoms with Crippen LogP contribution < -0.4 is 0 Å². The molecule has 0 fully saturated rings. The third kappa shape index (κ3) is 4.57. The molecular formula is C45H27N3O. The molecule has 0 saturated heterocycles. The summed E-state index contributed by atoms with van der Waals surface area (Å²) < 4.78 is 6.27.